The molecule has 0 bridgehead atoms. The van der Waals surface area contributed by atoms with Crippen LogP contribution in [-0.4, -0.2) is 10.7 Å². The van der Waals surface area contributed by atoms with Crippen molar-refractivity contribution in [3.8, 4) is 34.0 Å². The van der Waals surface area contributed by atoms with Gasteiger partial charge in [0.25, 0.3) is 0 Å². The molecule has 0 aliphatic rings. The fourth-order valence-corrected chi connectivity index (χ4v) is 3.37. The van der Waals surface area contributed by atoms with Gasteiger partial charge in [0.05, 0.1) is 17.5 Å². The molecule has 0 saturated carbocycles. The molecule has 0 amide bonds. The Balaban J connectivity index is 2.04. The Kier molecular flexibility index (Phi) is 4.80. The third kappa shape index (κ3) is 3.52. The zero-order chi connectivity index (χ0) is 18.6. The lowest BCUT2D eigenvalue weighted by atomic mass is 10.1. The summed E-state index contributed by atoms with van der Waals surface area (Å²) in [5, 5.41) is 0. The van der Waals surface area contributed by atoms with E-state index in [1.165, 1.54) is 0 Å². The van der Waals surface area contributed by atoms with Crippen molar-refractivity contribution in [2.75, 3.05) is 0 Å². The number of para-hydroxylation sites is 1. The summed E-state index contributed by atoms with van der Waals surface area (Å²) in [6.07, 6.45) is 0.0997. The van der Waals surface area contributed by atoms with E-state index in [-0.39, 0.29) is 6.10 Å². The average molecular weight is 353 g/mol. The summed E-state index contributed by atoms with van der Waals surface area (Å²) in [6.45, 7) is 4.13. The molecule has 2 nitrogen and oxygen atoms in total. The van der Waals surface area contributed by atoms with Crippen molar-refractivity contribution < 1.29 is 4.74 Å². The fourth-order valence-electron chi connectivity index (χ4n) is 3.37. The van der Waals surface area contributed by atoms with Crippen molar-refractivity contribution >= 4 is 0 Å². The van der Waals surface area contributed by atoms with Gasteiger partial charge in [0.1, 0.15) is 5.75 Å². The number of hydrogen-bond donors (Lipinski definition) is 0. The Morgan fingerprint density at radius 1 is 0.667 bits per heavy atom. The van der Waals surface area contributed by atoms with E-state index in [1.807, 2.05) is 18.2 Å². The Morgan fingerprint density at radius 3 is 1.74 bits per heavy atom. The highest BCUT2D eigenvalue weighted by molar-refractivity contribution is 5.78. The van der Waals surface area contributed by atoms with E-state index in [4.69, 9.17) is 4.74 Å². The quantitative estimate of drug-likeness (QED) is 0.394. The molecule has 1 aromatic heterocycles. The van der Waals surface area contributed by atoms with Crippen molar-refractivity contribution in [1.82, 2.24) is 4.57 Å². The van der Waals surface area contributed by atoms with Gasteiger partial charge < -0.3 is 9.30 Å². The Hall–Kier alpha value is -3.26. The second kappa shape index (κ2) is 7.55. The van der Waals surface area contributed by atoms with Crippen molar-refractivity contribution in [3.05, 3.63) is 97.1 Å². The SMILES string of the molecule is CC(C)Oc1cc(-c2ccccc2)n(-c2ccccc2)c1-c1ccccc1. The van der Waals surface area contributed by atoms with Crippen molar-refractivity contribution in [2.24, 2.45) is 0 Å². The highest BCUT2D eigenvalue weighted by atomic mass is 16.5. The van der Waals surface area contributed by atoms with Crippen molar-refractivity contribution in [2.45, 2.75) is 20.0 Å². The molecule has 134 valence electrons. The standard InChI is InChI=1S/C25H23NO/c1-19(2)27-24-18-23(20-12-6-3-7-13-20)26(22-16-10-5-11-17-22)25(24)21-14-8-4-9-15-21/h3-19H,1-2H3. The van der Waals surface area contributed by atoms with E-state index >= 15 is 0 Å². The van der Waals surface area contributed by atoms with Gasteiger partial charge in [-0.15, -0.1) is 0 Å². The summed E-state index contributed by atoms with van der Waals surface area (Å²) in [4.78, 5) is 0. The Morgan fingerprint density at radius 2 is 1.19 bits per heavy atom. The van der Waals surface area contributed by atoms with E-state index in [2.05, 4.69) is 97.3 Å². The summed E-state index contributed by atoms with van der Waals surface area (Å²) in [6, 6.07) is 33.5. The summed E-state index contributed by atoms with van der Waals surface area (Å²) in [7, 11) is 0. The smallest absolute Gasteiger partial charge is 0.146 e. The lowest BCUT2D eigenvalue weighted by Gasteiger charge is -2.16. The second-order valence-electron chi connectivity index (χ2n) is 6.81. The topological polar surface area (TPSA) is 14.2 Å². The van der Waals surface area contributed by atoms with E-state index in [1.54, 1.807) is 0 Å². The van der Waals surface area contributed by atoms with Crippen LogP contribution in [0, 0.1) is 0 Å². The molecule has 4 aromatic rings. The lowest BCUT2D eigenvalue weighted by molar-refractivity contribution is 0.243. The van der Waals surface area contributed by atoms with Crippen LogP contribution in [-0.2, 0) is 0 Å². The fraction of sp³-hybridized carbons (Fsp3) is 0.120. The molecule has 1 heterocycles. The molecule has 3 aromatic carbocycles. The molecule has 0 saturated heterocycles. The van der Waals surface area contributed by atoms with Gasteiger partial charge in [0.15, 0.2) is 0 Å². The maximum Gasteiger partial charge on any atom is 0.146 e. The summed E-state index contributed by atoms with van der Waals surface area (Å²) in [5.74, 6) is 0.902. The molecule has 0 unspecified atom stereocenters. The molecular weight excluding hydrogens is 330 g/mol. The van der Waals surface area contributed by atoms with Gasteiger partial charge in [-0.1, -0.05) is 78.9 Å². The molecule has 2 heteroatoms. The normalized spacial score (nSPS) is 10.9. The van der Waals surface area contributed by atoms with Crippen LogP contribution in [0.25, 0.3) is 28.2 Å². The Bertz CT molecular complexity index is 1000. The van der Waals surface area contributed by atoms with Gasteiger partial charge in [-0.25, -0.2) is 0 Å². The molecule has 0 fully saturated rings. The average Bonchev–Trinajstić information content (AvgIpc) is 3.08. The summed E-state index contributed by atoms with van der Waals surface area (Å²) in [5.41, 5.74) is 5.62. The van der Waals surface area contributed by atoms with Crippen LogP contribution in [0.5, 0.6) is 5.75 Å². The zero-order valence-electron chi connectivity index (χ0n) is 15.7. The maximum absolute atomic E-state index is 6.24. The van der Waals surface area contributed by atoms with Gasteiger partial charge in [-0.2, -0.15) is 0 Å². The highest BCUT2D eigenvalue weighted by Gasteiger charge is 2.21. The van der Waals surface area contributed by atoms with Crippen LogP contribution in [0.4, 0.5) is 0 Å². The zero-order valence-corrected chi connectivity index (χ0v) is 15.7. The molecule has 27 heavy (non-hydrogen) atoms. The molecule has 0 aliphatic carbocycles. The number of hydrogen-bond acceptors (Lipinski definition) is 1. The number of nitrogens with zero attached hydrogens (tertiary/aromatic N) is 1. The monoisotopic (exact) mass is 353 g/mol. The Labute approximate surface area is 160 Å². The van der Waals surface area contributed by atoms with Crippen molar-refractivity contribution in [1.29, 1.82) is 0 Å². The summed E-state index contributed by atoms with van der Waals surface area (Å²) < 4.78 is 8.54. The molecule has 0 aliphatic heterocycles. The van der Waals surface area contributed by atoms with E-state index < -0.39 is 0 Å². The lowest BCUT2D eigenvalue weighted by Crippen LogP contribution is -2.06. The van der Waals surface area contributed by atoms with Crippen LogP contribution in [0.2, 0.25) is 0 Å². The molecular formula is C25H23NO. The largest absolute Gasteiger partial charge is 0.489 e. The maximum atomic E-state index is 6.24. The first-order valence-electron chi connectivity index (χ1n) is 9.32. The predicted molar refractivity (Wildman–Crippen MR) is 112 cm³/mol. The van der Waals surface area contributed by atoms with Gasteiger partial charge in [-0.05, 0) is 31.5 Å². The first kappa shape index (κ1) is 17.2. The molecule has 0 atom stereocenters. The third-order valence-electron chi connectivity index (χ3n) is 4.46. The molecule has 0 spiro atoms. The van der Waals surface area contributed by atoms with E-state index in [9.17, 15) is 0 Å². The van der Waals surface area contributed by atoms with Gasteiger partial charge >= 0.3 is 0 Å². The second-order valence-corrected chi connectivity index (χ2v) is 6.81. The third-order valence-corrected chi connectivity index (χ3v) is 4.46. The number of rotatable bonds is 5. The minimum absolute atomic E-state index is 0.0997. The summed E-state index contributed by atoms with van der Waals surface area (Å²) >= 11 is 0. The molecule has 0 radical (unpaired) electrons. The number of ether oxygens (including phenoxy) is 1. The van der Waals surface area contributed by atoms with E-state index in [0.717, 1.165) is 34.0 Å². The van der Waals surface area contributed by atoms with Gasteiger partial charge in [0, 0.05) is 17.3 Å². The van der Waals surface area contributed by atoms with Gasteiger partial charge in [0.2, 0.25) is 0 Å². The van der Waals surface area contributed by atoms with E-state index in [0.29, 0.717) is 0 Å². The van der Waals surface area contributed by atoms with Crippen LogP contribution in [0.15, 0.2) is 97.1 Å². The van der Waals surface area contributed by atoms with Crippen LogP contribution < -0.4 is 4.74 Å². The first-order chi connectivity index (χ1) is 13.2. The highest BCUT2D eigenvalue weighted by Crippen LogP contribution is 2.40. The van der Waals surface area contributed by atoms with Crippen LogP contribution >= 0.6 is 0 Å². The van der Waals surface area contributed by atoms with Crippen LogP contribution in [0.3, 0.4) is 0 Å². The number of benzene rings is 3. The van der Waals surface area contributed by atoms with Crippen LogP contribution in [0.1, 0.15) is 13.8 Å². The predicted octanol–water partition coefficient (Wildman–Crippen LogP) is 6.60. The van der Waals surface area contributed by atoms with Gasteiger partial charge in [-0.3, -0.25) is 0 Å². The first-order valence-corrected chi connectivity index (χ1v) is 9.32. The van der Waals surface area contributed by atoms with Crippen molar-refractivity contribution in [3.63, 3.8) is 0 Å². The minimum Gasteiger partial charge on any atom is -0.489 e. The number of aromatic nitrogens is 1. The minimum atomic E-state index is 0.0997. The molecule has 4 rings (SSSR count). The molecule has 0 N–H and O–H groups in total.